The molecule has 1 saturated heterocycles. The topological polar surface area (TPSA) is 59.4 Å². The number of carbonyl (C=O) groups is 1. The number of nitrogens with one attached hydrogen (secondary N) is 1. The van der Waals surface area contributed by atoms with Gasteiger partial charge >= 0.3 is 0 Å². The summed E-state index contributed by atoms with van der Waals surface area (Å²) < 4.78 is 0. The second kappa shape index (κ2) is 8.98. The van der Waals surface area contributed by atoms with Gasteiger partial charge in [0, 0.05) is 36.7 Å². The number of nitriles is 1. The molecular formula is C23H28N4OS. The molecule has 0 bridgehead atoms. The van der Waals surface area contributed by atoms with E-state index in [1.54, 1.807) is 11.3 Å². The van der Waals surface area contributed by atoms with Crippen molar-refractivity contribution in [3.8, 4) is 6.07 Å². The molecule has 1 aliphatic heterocycles. The van der Waals surface area contributed by atoms with Gasteiger partial charge in [0.25, 0.3) is 0 Å². The van der Waals surface area contributed by atoms with Gasteiger partial charge in [-0.05, 0) is 50.3 Å². The molecule has 4 rings (SSSR count). The van der Waals surface area contributed by atoms with Crippen molar-refractivity contribution in [3.05, 3.63) is 46.3 Å². The molecule has 6 heteroatoms. The lowest BCUT2D eigenvalue weighted by molar-refractivity contribution is -0.120. The van der Waals surface area contributed by atoms with Crippen molar-refractivity contribution in [3.63, 3.8) is 0 Å². The standard InChI is InChI=1S/C23H28N4OS/c1-17(26-12-14-27(15-13-26)18-8-4-2-5-9-18)22(28)25-23-20(16-24)19-10-6-3-7-11-21(19)29-23/h2,4-5,8-9,17H,3,6-7,10-15H2,1H3,(H,25,28)/t17-/m0/s1. The molecule has 1 aliphatic carbocycles. The number of anilines is 2. The van der Waals surface area contributed by atoms with Crippen LogP contribution >= 0.6 is 11.3 Å². The monoisotopic (exact) mass is 408 g/mol. The molecule has 152 valence electrons. The Morgan fingerprint density at radius 1 is 1.10 bits per heavy atom. The Hall–Kier alpha value is -2.36. The lowest BCUT2D eigenvalue weighted by atomic mass is 10.1. The Bertz CT molecular complexity index is 894. The van der Waals surface area contributed by atoms with Gasteiger partial charge in [-0.15, -0.1) is 11.3 Å². The zero-order valence-electron chi connectivity index (χ0n) is 17.0. The van der Waals surface area contributed by atoms with Crippen molar-refractivity contribution < 1.29 is 4.79 Å². The first-order valence-electron chi connectivity index (χ1n) is 10.6. The zero-order chi connectivity index (χ0) is 20.2. The van der Waals surface area contributed by atoms with Crippen LogP contribution in [0.4, 0.5) is 10.7 Å². The van der Waals surface area contributed by atoms with Gasteiger partial charge in [0.1, 0.15) is 11.1 Å². The molecule has 2 heterocycles. The van der Waals surface area contributed by atoms with Gasteiger partial charge in [-0.25, -0.2) is 0 Å². The summed E-state index contributed by atoms with van der Waals surface area (Å²) in [5.74, 6) is -0.00827. The molecule has 0 unspecified atom stereocenters. The molecular weight excluding hydrogens is 380 g/mol. The SMILES string of the molecule is C[C@@H](C(=O)Nc1sc2c(c1C#N)CCCCC2)N1CCN(c2ccccc2)CC1. The van der Waals surface area contributed by atoms with E-state index >= 15 is 0 Å². The maximum absolute atomic E-state index is 12.9. The minimum atomic E-state index is -0.207. The van der Waals surface area contributed by atoms with Crippen LogP contribution in [-0.4, -0.2) is 43.0 Å². The van der Waals surface area contributed by atoms with Crippen LogP contribution in [0.1, 0.15) is 42.2 Å². The number of nitrogens with zero attached hydrogens (tertiary/aromatic N) is 3. The van der Waals surface area contributed by atoms with Crippen LogP contribution in [0, 0.1) is 11.3 Å². The molecule has 1 amide bonds. The van der Waals surface area contributed by atoms with Crippen molar-refractivity contribution in [1.29, 1.82) is 5.26 Å². The first-order chi connectivity index (χ1) is 14.2. The summed E-state index contributed by atoms with van der Waals surface area (Å²) >= 11 is 1.61. The molecule has 1 aromatic carbocycles. The van der Waals surface area contributed by atoms with E-state index in [4.69, 9.17) is 0 Å². The highest BCUT2D eigenvalue weighted by atomic mass is 32.1. The average molecular weight is 409 g/mol. The fourth-order valence-corrected chi connectivity index (χ4v) is 5.58. The second-order valence-electron chi connectivity index (χ2n) is 7.90. The number of thiophene rings is 1. The van der Waals surface area contributed by atoms with Crippen LogP contribution in [0.3, 0.4) is 0 Å². The minimum Gasteiger partial charge on any atom is -0.369 e. The van der Waals surface area contributed by atoms with Crippen molar-refractivity contribution in [2.24, 2.45) is 0 Å². The Balaban J connectivity index is 1.39. The molecule has 0 spiro atoms. The number of aryl methyl sites for hydroxylation is 1. The van der Waals surface area contributed by atoms with Crippen LogP contribution < -0.4 is 10.2 Å². The number of carbonyl (C=O) groups excluding carboxylic acids is 1. The Kier molecular flexibility index (Phi) is 6.17. The van der Waals surface area contributed by atoms with Gasteiger partial charge in [0.15, 0.2) is 0 Å². The van der Waals surface area contributed by atoms with E-state index in [0.717, 1.165) is 50.4 Å². The third-order valence-electron chi connectivity index (χ3n) is 6.13. The maximum Gasteiger partial charge on any atom is 0.242 e. The number of para-hydroxylation sites is 1. The van der Waals surface area contributed by atoms with Gasteiger partial charge in [0.2, 0.25) is 5.91 Å². The number of hydrogen-bond acceptors (Lipinski definition) is 5. The Morgan fingerprint density at radius 2 is 1.83 bits per heavy atom. The third kappa shape index (κ3) is 4.31. The summed E-state index contributed by atoms with van der Waals surface area (Å²) in [6, 6.07) is 12.6. The number of piperazine rings is 1. The fourth-order valence-electron chi connectivity index (χ4n) is 4.34. The van der Waals surface area contributed by atoms with E-state index < -0.39 is 0 Å². The summed E-state index contributed by atoms with van der Waals surface area (Å²) in [6.07, 6.45) is 5.52. The zero-order valence-corrected chi connectivity index (χ0v) is 17.8. The molecule has 2 aliphatic rings. The predicted octanol–water partition coefficient (Wildman–Crippen LogP) is 4.04. The maximum atomic E-state index is 12.9. The van der Waals surface area contributed by atoms with Gasteiger partial charge in [-0.3, -0.25) is 9.69 Å². The molecule has 1 atom stereocenters. The van der Waals surface area contributed by atoms with Gasteiger partial charge < -0.3 is 10.2 Å². The molecule has 1 aromatic heterocycles. The molecule has 2 aromatic rings. The first-order valence-corrected chi connectivity index (χ1v) is 11.4. The van der Waals surface area contributed by atoms with E-state index in [1.165, 1.54) is 29.0 Å². The molecule has 1 N–H and O–H groups in total. The number of hydrogen-bond donors (Lipinski definition) is 1. The van der Waals surface area contributed by atoms with Crippen LogP contribution in [0.25, 0.3) is 0 Å². The number of benzene rings is 1. The highest BCUT2D eigenvalue weighted by Gasteiger charge is 2.28. The van der Waals surface area contributed by atoms with Crippen LogP contribution in [-0.2, 0) is 17.6 Å². The lowest BCUT2D eigenvalue weighted by Crippen LogP contribution is -2.52. The van der Waals surface area contributed by atoms with Crippen molar-refractivity contribution in [1.82, 2.24) is 4.90 Å². The summed E-state index contributed by atoms with van der Waals surface area (Å²) in [4.78, 5) is 18.8. The van der Waals surface area contributed by atoms with Gasteiger partial charge in [-0.1, -0.05) is 24.6 Å². The summed E-state index contributed by atoms with van der Waals surface area (Å²) in [6.45, 7) is 5.51. The molecule has 5 nitrogen and oxygen atoms in total. The van der Waals surface area contributed by atoms with Crippen LogP contribution in [0.5, 0.6) is 0 Å². The first kappa shape index (κ1) is 19.9. The molecule has 1 fully saturated rings. The highest BCUT2D eigenvalue weighted by Crippen LogP contribution is 2.37. The summed E-state index contributed by atoms with van der Waals surface area (Å²) in [5, 5.41) is 13.5. The van der Waals surface area contributed by atoms with E-state index in [2.05, 4.69) is 45.5 Å². The van der Waals surface area contributed by atoms with Gasteiger partial charge in [0.05, 0.1) is 11.6 Å². The lowest BCUT2D eigenvalue weighted by Gasteiger charge is -2.38. The highest BCUT2D eigenvalue weighted by molar-refractivity contribution is 7.16. The Labute approximate surface area is 176 Å². The van der Waals surface area contributed by atoms with Crippen molar-refractivity contribution in [2.75, 3.05) is 36.4 Å². The van der Waals surface area contributed by atoms with Crippen molar-refractivity contribution >= 4 is 27.9 Å². The third-order valence-corrected chi connectivity index (χ3v) is 7.34. The summed E-state index contributed by atoms with van der Waals surface area (Å²) in [5.41, 5.74) is 3.11. The number of amides is 1. The Morgan fingerprint density at radius 3 is 2.55 bits per heavy atom. The van der Waals surface area contributed by atoms with E-state index in [1.807, 2.05) is 13.0 Å². The minimum absolute atomic E-state index is 0.00827. The normalized spacial score (nSPS) is 18.4. The van der Waals surface area contributed by atoms with E-state index in [0.29, 0.717) is 5.56 Å². The summed E-state index contributed by atoms with van der Waals surface area (Å²) in [7, 11) is 0. The largest absolute Gasteiger partial charge is 0.369 e. The fraction of sp³-hybridized carbons (Fsp3) is 0.478. The number of fused-ring (bicyclic) bond motifs is 1. The van der Waals surface area contributed by atoms with Crippen LogP contribution in [0.2, 0.25) is 0 Å². The molecule has 0 saturated carbocycles. The predicted molar refractivity (Wildman–Crippen MR) is 119 cm³/mol. The molecule has 29 heavy (non-hydrogen) atoms. The van der Waals surface area contributed by atoms with Gasteiger partial charge in [-0.2, -0.15) is 5.26 Å². The van der Waals surface area contributed by atoms with E-state index in [9.17, 15) is 10.1 Å². The smallest absolute Gasteiger partial charge is 0.242 e. The second-order valence-corrected chi connectivity index (χ2v) is 9.01. The van der Waals surface area contributed by atoms with Crippen molar-refractivity contribution in [2.45, 2.75) is 45.1 Å². The van der Waals surface area contributed by atoms with Crippen LogP contribution in [0.15, 0.2) is 30.3 Å². The number of rotatable bonds is 4. The average Bonchev–Trinajstić information content (AvgIpc) is 2.92. The quantitative estimate of drug-likeness (QED) is 0.776. The van der Waals surface area contributed by atoms with E-state index in [-0.39, 0.29) is 11.9 Å². The molecule has 0 radical (unpaired) electrons.